The average Bonchev–Trinajstić information content (AvgIpc) is 2.14. The predicted octanol–water partition coefficient (Wildman–Crippen LogP) is 1.84. The Hall–Kier alpha value is -0.610. The van der Waals surface area contributed by atoms with Gasteiger partial charge in [0.25, 0.3) is 0 Å². The molecule has 0 saturated heterocycles. The average molecular weight is 211 g/mol. The van der Waals surface area contributed by atoms with Crippen molar-refractivity contribution in [1.29, 1.82) is 0 Å². The molecule has 0 saturated carbocycles. The van der Waals surface area contributed by atoms with E-state index in [-0.39, 0.29) is 0 Å². The van der Waals surface area contributed by atoms with Crippen molar-refractivity contribution in [1.82, 2.24) is 9.97 Å². The van der Waals surface area contributed by atoms with Crippen LogP contribution in [-0.2, 0) is 0 Å². The molecule has 0 amide bonds. The molecule has 1 rings (SSSR count). The molecule has 0 aromatic carbocycles. The van der Waals surface area contributed by atoms with Crippen molar-refractivity contribution in [2.75, 3.05) is 6.54 Å². The fourth-order valence-corrected chi connectivity index (χ4v) is 1.86. The summed E-state index contributed by atoms with van der Waals surface area (Å²) in [7, 11) is 0. The van der Waals surface area contributed by atoms with Crippen molar-refractivity contribution in [3.8, 4) is 0 Å². The molecule has 0 aliphatic carbocycles. The molecule has 3 nitrogen and oxygen atoms in total. The maximum absolute atomic E-state index is 5.55. The lowest BCUT2D eigenvalue weighted by Gasteiger charge is -2.09. The van der Waals surface area contributed by atoms with E-state index >= 15 is 0 Å². The van der Waals surface area contributed by atoms with Gasteiger partial charge in [0, 0.05) is 23.2 Å². The summed E-state index contributed by atoms with van der Waals surface area (Å²) >= 11 is 1.63. The standard InChI is InChI=1S/C10H17N3S/c1-6(5-11)14-10-12-8(3)7(2)9(4)13-10/h6H,5,11H2,1-4H3. The number of rotatable bonds is 3. The van der Waals surface area contributed by atoms with E-state index < -0.39 is 0 Å². The molecule has 0 aliphatic rings. The van der Waals surface area contributed by atoms with Crippen molar-refractivity contribution in [3.05, 3.63) is 17.0 Å². The van der Waals surface area contributed by atoms with Crippen LogP contribution < -0.4 is 5.73 Å². The van der Waals surface area contributed by atoms with Crippen LogP contribution in [0.5, 0.6) is 0 Å². The van der Waals surface area contributed by atoms with E-state index in [1.807, 2.05) is 20.8 Å². The van der Waals surface area contributed by atoms with Crippen LogP contribution >= 0.6 is 11.8 Å². The Kier molecular flexibility index (Phi) is 3.89. The molecule has 1 unspecified atom stereocenters. The Morgan fingerprint density at radius 1 is 1.21 bits per heavy atom. The molecule has 1 aromatic rings. The second-order valence-electron chi connectivity index (χ2n) is 3.47. The lowest BCUT2D eigenvalue weighted by Crippen LogP contribution is -2.13. The molecule has 78 valence electrons. The summed E-state index contributed by atoms with van der Waals surface area (Å²) < 4.78 is 0. The van der Waals surface area contributed by atoms with E-state index in [2.05, 4.69) is 16.9 Å². The van der Waals surface area contributed by atoms with Crippen molar-refractivity contribution < 1.29 is 0 Å². The fraction of sp³-hybridized carbons (Fsp3) is 0.600. The molecule has 14 heavy (non-hydrogen) atoms. The van der Waals surface area contributed by atoms with Gasteiger partial charge in [-0.1, -0.05) is 18.7 Å². The number of aryl methyl sites for hydroxylation is 2. The quantitative estimate of drug-likeness (QED) is 0.612. The van der Waals surface area contributed by atoms with E-state index in [1.165, 1.54) is 5.56 Å². The summed E-state index contributed by atoms with van der Waals surface area (Å²) in [5.74, 6) is 0. The number of hydrogen-bond acceptors (Lipinski definition) is 4. The van der Waals surface area contributed by atoms with E-state index in [4.69, 9.17) is 5.73 Å². The molecule has 0 spiro atoms. The van der Waals surface area contributed by atoms with Gasteiger partial charge < -0.3 is 5.73 Å². The minimum Gasteiger partial charge on any atom is -0.329 e. The highest BCUT2D eigenvalue weighted by Crippen LogP contribution is 2.20. The van der Waals surface area contributed by atoms with E-state index in [1.54, 1.807) is 11.8 Å². The minimum atomic E-state index is 0.372. The third-order valence-corrected chi connectivity index (χ3v) is 3.24. The second-order valence-corrected chi connectivity index (χ2v) is 4.87. The maximum Gasteiger partial charge on any atom is 0.188 e. The molecule has 1 heterocycles. The Balaban J connectivity index is 2.89. The van der Waals surface area contributed by atoms with Crippen LogP contribution in [0.15, 0.2) is 5.16 Å². The van der Waals surface area contributed by atoms with Crippen molar-refractivity contribution in [2.45, 2.75) is 38.1 Å². The van der Waals surface area contributed by atoms with Crippen LogP contribution in [0, 0.1) is 20.8 Å². The molecule has 4 heteroatoms. The highest BCUT2D eigenvalue weighted by Gasteiger charge is 2.08. The number of nitrogens with two attached hydrogens (primary N) is 1. The van der Waals surface area contributed by atoms with Crippen LogP contribution in [0.25, 0.3) is 0 Å². The van der Waals surface area contributed by atoms with Crippen molar-refractivity contribution in [3.63, 3.8) is 0 Å². The first-order valence-corrected chi connectivity index (χ1v) is 5.61. The first-order valence-electron chi connectivity index (χ1n) is 4.73. The van der Waals surface area contributed by atoms with Gasteiger partial charge >= 0.3 is 0 Å². The Morgan fingerprint density at radius 3 is 2.14 bits per heavy atom. The third-order valence-electron chi connectivity index (χ3n) is 2.25. The third kappa shape index (κ3) is 2.69. The Bertz CT molecular complexity index is 302. The second kappa shape index (κ2) is 4.75. The van der Waals surface area contributed by atoms with Gasteiger partial charge in [-0.25, -0.2) is 9.97 Å². The summed E-state index contributed by atoms with van der Waals surface area (Å²) in [4.78, 5) is 8.84. The highest BCUT2D eigenvalue weighted by atomic mass is 32.2. The summed E-state index contributed by atoms with van der Waals surface area (Å²) in [5, 5.41) is 1.21. The summed E-state index contributed by atoms with van der Waals surface area (Å²) in [6.45, 7) is 8.81. The van der Waals surface area contributed by atoms with Crippen LogP contribution in [0.4, 0.5) is 0 Å². The van der Waals surface area contributed by atoms with Crippen molar-refractivity contribution >= 4 is 11.8 Å². The van der Waals surface area contributed by atoms with Crippen LogP contribution in [0.1, 0.15) is 23.9 Å². The molecular formula is C10H17N3S. The maximum atomic E-state index is 5.55. The van der Waals surface area contributed by atoms with Gasteiger partial charge in [0.15, 0.2) is 5.16 Å². The van der Waals surface area contributed by atoms with Crippen LogP contribution in [0.3, 0.4) is 0 Å². The highest BCUT2D eigenvalue weighted by molar-refractivity contribution is 7.99. The SMILES string of the molecule is Cc1nc(SC(C)CN)nc(C)c1C. The van der Waals surface area contributed by atoms with Gasteiger partial charge in [-0.15, -0.1) is 0 Å². The summed E-state index contributed by atoms with van der Waals surface area (Å²) in [6, 6.07) is 0. The molecule has 2 N–H and O–H groups in total. The normalized spacial score (nSPS) is 12.9. The summed E-state index contributed by atoms with van der Waals surface area (Å²) in [6.07, 6.45) is 0. The number of hydrogen-bond donors (Lipinski definition) is 1. The van der Waals surface area contributed by atoms with E-state index in [0.717, 1.165) is 16.5 Å². The van der Waals surface area contributed by atoms with Gasteiger partial charge in [0.05, 0.1) is 0 Å². The molecule has 0 bridgehead atoms. The first-order chi connectivity index (χ1) is 6.54. The first kappa shape index (κ1) is 11.5. The zero-order valence-corrected chi connectivity index (χ0v) is 9.98. The molecule has 1 atom stereocenters. The van der Waals surface area contributed by atoms with Crippen molar-refractivity contribution in [2.24, 2.45) is 5.73 Å². The molecule has 0 radical (unpaired) electrons. The number of nitrogens with zero attached hydrogens (tertiary/aromatic N) is 2. The zero-order chi connectivity index (χ0) is 10.7. The Morgan fingerprint density at radius 2 is 1.71 bits per heavy atom. The molecule has 0 fully saturated rings. The van der Waals surface area contributed by atoms with E-state index in [9.17, 15) is 0 Å². The van der Waals surface area contributed by atoms with E-state index in [0.29, 0.717) is 11.8 Å². The smallest absolute Gasteiger partial charge is 0.188 e. The molecule has 0 aliphatic heterocycles. The number of aromatic nitrogens is 2. The minimum absolute atomic E-state index is 0.372. The fourth-order valence-electron chi connectivity index (χ4n) is 1.02. The largest absolute Gasteiger partial charge is 0.329 e. The topological polar surface area (TPSA) is 51.8 Å². The van der Waals surface area contributed by atoms with Gasteiger partial charge in [-0.2, -0.15) is 0 Å². The predicted molar refractivity (Wildman–Crippen MR) is 60.6 cm³/mol. The monoisotopic (exact) mass is 211 g/mol. The molecular weight excluding hydrogens is 194 g/mol. The summed E-state index contributed by atoms with van der Waals surface area (Å²) in [5.41, 5.74) is 8.84. The van der Waals surface area contributed by atoms with Crippen LogP contribution in [-0.4, -0.2) is 21.8 Å². The van der Waals surface area contributed by atoms with Gasteiger partial charge in [-0.05, 0) is 26.3 Å². The van der Waals surface area contributed by atoms with Gasteiger partial charge in [-0.3, -0.25) is 0 Å². The number of thioether (sulfide) groups is 1. The van der Waals surface area contributed by atoms with Crippen LogP contribution in [0.2, 0.25) is 0 Å². The van der Waals surface area contributed by atoms with Gasteiger partial charge in [0.1, 0.15) is 0 Å². The lowest BCUT2D eigenvalue weighted by molar-refractivity contribution is 0.865. The zero-order valence-electron chi connectivity index (χ0n) is 9.16. The van der Waals surface area contributed by atoms with Gasteiger partial charge in [0.2, 0.25) is 0 Å². The molecule has 1 aromatic heterocycles. The Labute approximate surface area is 89.5 Å². The lowest BCUT2D eigenvalue weighted by atomic mass is 10.2.